The maximum absolute atomic E-state index is 12.8. The van der Waals surface area contributed by atoms with E-state index < -0.39 is 6.36 Å². The minimum atomic E-state index is -4.73. The highest BCUT2D eigenvalue weighted by Gasteiger charge is 2.30. The molecule has 10 heteroatoms. The first kappa shape index (κ1) is 23.8. The van der Waals surface area contributed by atoms with Crippen LogP contribution < -0.4 is 20.5 Å². The van der Waals surface area contributed by atoms with Crippen molar-refractivity contribution in [2.24, 2.45) is 10.7 Å². The maximum Gasteiger partial charge on any atom is 0.573 e. The third-order valence-corrected chi connectivity index (χ3v) is 3.28. The quantitative estimate of drug-likeness (QED) is 0.173. The van der Waals surface area contributed by atoms with Gasteiger partial charge in [0.2, 0.25) is 0 Å². The number of nitrogens with one attached hydrogen (secondary N) is 1. The number of nitrogens with two attached hydrogens (primary N) is 1. The summed E-state index contributed by atoms with van der Waals surface area (Å²) in [5, 5.41) is 2.78. The summed E-state index contributed by atoms with van der Waals surface area (Å²) in [7, 11) is 0. The molecule has 0 bridgehead atoms. The first-order valence-corrected chi connectivity index (χ1v) is 8.13. The summed E-state index contributed by atoms with van der Waals surface area (Å²) in [6.45, 7) is 0.927. The molecule has 0 aliphatic rings. The van der Waals surface area contributed by atoms with Crippen molar-refractivity contribution in [3.63, 3.8) is 0 Å². The van der Waals surface area contributed by atoms with Crippen LogP contribution in [0.25, 0.3) is 0 Å². The molecule has 2 rings (SSSR count). The number of nitrogens with zero attached hydrogens (tertiary/aromatic N) is 1. The van der Waals surface area contributed by atoms with Crippen molar-refractivity contribution in [2.45, 2.75) is 19.2 Å². The minimum Gasteiger partial charge on any atom is -0.494 e. The highest BCUT2D eigenvalue weighted by molar-refractivity contribution is 14.0. The van der Waals surface area contributed by atoms with Crippen molar-refractivity contribution in [1.29, 1.82) is 0 Å². The SMILES string of the molecule is I.NC(=NCCCCOc1ccc(F)cc1)Nc1ccc(OC(F)(F)F)cc1. The van der Waals surface area contributed by atoms with Crippen LogP contribution in [0.15, 0.2) is 53.5 Å². The van der Waals surface area contributed by atoms with Gasteiger partial charge >= 0.3 is 6.36 Å². The van der Waals surface area contributed by atoms with Gasteiger partial charge in [-0.3, -0.25) is 4.99 Å². The van der Waals surface area contributed by atoms with E-state index in [9.17, 15) is 17.6 Å². The van der Waals surface area contributed by atoms with Gasteiger partial charge in [0.25, 0.3) is 0 Å². The Kier molecular flexibility index (Phi) is 9.83. The van der Waals surface area contributed by atoms with Crippen LogP contribution in [0, 0.1) is 5.82 Å². The topological polar surface area (TPSA) is 68.9 Å². The van der Waals surface area contributed by atoms with Crippen molar-refractivity contribution < 1.29 is 27.0 Å². The number of ether oxygens (including phenoxy) is 2. The molecular weight excluding hydrogens is 493 g/mol. The Morgan fingerprint density at radius 1 is 0.964 bits per heavy atom. The number of halogens is 5. The number of rotatable bonds is 8. The molecule has 0 aliphatic heterocycles. The summed E-state index contributed by atoms with van der Waals surface area (Å²) in [5.74, 6) is 0.116. The number of hydrogen-bond acceptors (Lipinski definition) is 3. The molecule has 0 aliphatic carbocycles. The fourth-order valence-corrected chi connectivity index (χ4v) is 2.06. The van der Waals surface area contributed by atoms with Gasteiger partial charge in [-0.25, -0.2) is 4.39 Å². The summed E-state index contributed by atoms with van der Waals surface area (Å²) >= 11 is 0. The van der Waals surface area contributed by atoms with Crippen LogP contribution in [0.2, 0.25) is 0 Å². The lowest BCUT2D eigenvalue weighted by atomic mass is 10.3. The summed E-state index contributed by atoms with van der Waals surface area (Å²) in [6, 6.07) is 10.9. The Morgan fingerprint density at radius 2 is 1.57 bits per heavy atom. The van der Waals surface area contributed by atoms with Gasteiger partial charge in [-0.15, -0.1) is 37.1 Å². The monoisotopic (exact) mass is 513 g/mol. The normalized spacial score (nSPS) is 11.5. The zero-order chi connectivity index (χ0) is 19.7. The predicted octanol–water partition coefficient (Wildman–Crippen LogP) is 4.93. The smallest absolute Gasteiger partial charge is 0.494 e. The largest absolute Gasteiger partial charge is 0.573 e. The third kappa shape index (κ3) is 9.62. The zero-order valence-electron chi connectivity index (χ0n) is 14.7. The van der Waals surface area contributed by atoms with E-state index >= 15 is 0 Å². The van der Waals surface area contributed by atoms with Crippen LogP contribution in [0.4, 0.5) is 23.2 Å². The van der Waals surface area contributed by atoms with Crippen LogP contribution in [0.5, 0.6) is 11.5 Å². The molecule has 0 radical (unpaired) electrons. The zero-order valence-corrected chi connectivity index (χ0v) is 17.0. The van der Waals surface area contributed by atoms with Gasteiger partial charge < -0.3 is 20.5 Å². The van der Waals surface area contributed by atoms with Gasteiger partial charge in [-0.05, 0) is 61.4 Å². The lowest BCUT2D eigenvalue weighted by Gasteiger charge is -2.10. The minimum absolute atomic E-state index is 0. The molecule has 0 saturated carbocycles. The fraction of sp³-hybridized carbons (Fsp3) is 0.278. The molecule has 0 saturated heterocycles. The van der Waals surface area contributed by atoms with Gasteiger partial charge in [-0.2, -0.15) is 0 Å². The Morgan fingerprint density at radius 3 is 2.18 bits per heavy atom. The average Bonchev–Trinajstić information content (AvgIpc) is 2.60. The second-order valence-corrected chi connectivity index (χ2v) is 5.47. The van der Waals surface area contributed by atoms with E-state index in [1.807, 2.05) is 0 Å². The number of anilines is 1. The van der Waals surface area contributed by atoms with Crippen molar-refractivity contribution >= 4 is 35.6 Å². The van der Waals surface area contributed by atoms with Gasteiger partial charge in [0, 0.05) is 12.2 Å². The fourth-order valence-electron chi connectivity index (χ4n) is 2.06. The molecular formula is C18H20F4IN3O2. The van der Waals surface area contributed by atoms with Crippen LogP contribution in [0.3, 0.4) is 0 Å². The third-order valence-electron chi connectivity index (χ3n) is 3.28. The Labute approximate surface area is 176 Å². The lowest BCUT2D eigenvalue weighted by Crippen LogP contribution is -2.23. The summed E-state index contributed by atoms with van der Waals surface area (Å²) in [5.41, 5.74) is 6.22. The molecule has 0 amide bonds. The van der Waals surface area contributed by atoms with Gasteiger partial charge in [0.05, 0.1) is 6.61 Å². The first-order valence-electron chi connectivity index (χ1n) is 8.13. The number of unbranched alkanes of at least 4 members (excludes halogenated alkanes) is 1. The summed E-state index contributed by atoms with van der Waals surface area (Å²) in [6.07, 6.45) is -3.27. The highest BCUT2D eigenvalue weighted by atomic mass is 127. The van der Waals surface area contributed by atoms with E-state index in [2.05, 4.69) is 15.0 Å². The molecule has 0 spiro atoms. The molecule has 3 N–H and O–H groups in total. The lowest BCUT2D eigenvalue weighted by molar-refractivity contribution is -0.274. The molecule has 28 heavy (non-hydrogen) atoms. The molecule has 154 valence electrons. The second kappa shape index (κ2) is 11.6. The van der Waals surface area contributed by atoms with Crippen molar-refractivity contribution in [2.75, 3.05) is 18.5 Å². The van der Waals surface area contributed by atoms with Gasteiger partial charge in [-0.1, -0.05) is 0 Å². The van der Waals surface area contributed by atoms with Gasteiger partial charge in [0.15, 0.2) is 5.96 Å². The Bertz CT molecular complexity index is 738. The molecule has 2 aromatic rings. The molecule has 2 aromatic carbocycles. The van der Waals surface area contributed by atoms with Crippen LogP contribution in [-0.2, 0) is 0 Å². The van der Waals surface area contributed by atoms with Crippen LogP contribution >= 0.6 is 24.0 Å². The standard InChI is InChI=1S/C18H19F4N3O2.HI/c19-13-3-7-15(8-4-13)26-12-2-1-11-24-17(23)25-14-5-9-16(10-6-14)27-18(20,21)22;/h3-10H,1-2,11-12H2,(H3,23,24,25);1H. The molecule has 0 heterocycles. The van der Waals surface area contributed by atoms with Crippen molar-refractivity contribution in [3.8, 4) is 11.5 Å². The average molecular weight is 513 g/mol. The molecule has 0 atom stereocenters. The number of benzene rings is 2. The molecule has 0 aromatic heterocycles. The van der Waals surface area contributed by atoms with E-state index in [-0.39, 0.29) is 41.5 Å². The predicted molar refractivity (Wildman–Crippen MR) is 110 cm³/mol. The van der Waals surface area contributed by atoms with Gasteiger partial charge in [0.1, 0.15) is 17.3 Å². The van der Waals surface area contributed by atoms with Crippen molar-refractivity contribution in [3.05, 3.63) is 54.3 Å². The van der Waals surface area contributed by atoms with E-state index in [0.29, 0.717) is 24.6 Å². The Balaban J connectivity index is 0.00000392. The number of hydrogen-bond donors (Lipinski definition) is 2. The van der Waals surface area contributed by atoms with Crippen LogP contribution in [0.1, 0.15) is 12.8 Å². The Hall–Kier alpha value is -2.24. The molecule has 0 fully saturated rings. The van der Waals surface area contributed by atoms with E-state index in [4.69, 9.17) is 10.5 Å². The number of alkyl halides is 3. The molecule has 5 nitrogen and oxygen atoms in total. The van der Waals surface area contributed by atoms with Crippen LogP contribution in [-0.4, -0.2) is 25.5 Å². The number of guanidine groups is 1. The first-order chi connectivity index (χ1) is 12.8. The second-order valence-electron chi connectivity index (χ2n) is 5.47. The summed E-state index contributed by atoms with van der Waals surface area (Å²) < 4.78 is 58.3. The number of aliphatic imine (C=N–C) groups is 1. The van der Waals surface area contributed by atoms with Crippen molar-refractivity contribution in [1.82, 2.24) is 0 Å². The van der Waals surface area contributed by atoms with E-state index in [1.54, 1.807) is 12.1 Å². The van der Waals surface area contributed by atoms with E-state index in [0.717, 1.165) is 12.8 Å². The molecule has 0 unspecified atom stereocenters. The highest BCUT2D eigenvalue weighted by Crippen LogP contribution is 2.23. The maximum atomic E-state index is 12.8. The van der Waals surface area contributed by atoms with E-state index in [1.165, 1.54) is 36.4 Å². The summed E-state index contributed by atoms with van der Waals surface area (Å²) in [4.78, 5) is 4.12.